The van der Waals surface area contributed by atoms with Crippen LogP contribution in [0.25, 0.3) is 6.08 Å². The summed E-state index contributed by atoms with van der Waals surface area (Å²) in [4.78, 5) is 36.0. The number of hydrogen-bond acceptors (Lipinski definition) is 7. The Bertz CT molecular complexity index is 1280. The van der Waals surface area contributed by atoms with Crippen LogP contribution in [0.15, 0.2) is 72.8 Å². The highest BCUT2D eigenvalue weighted by Gasteiger charge is 2.25. The number of rotatable bonds is 7. The van der Waals surface area contributed by atoms with Crippen molar-refractivity contribution in [3.05, 3.63) is 99.1 Å². The van der Waals surface area contributed by atoms with E-state index in [0.29, 0.717) is 22.6 Å². The molecule has 172 valence electrons. The standard InChI is InChI=1S/C24H17ClN2O7/c25-18-9-8-17(13-19(18)27(30)31)26-24(29)23(16-4-2-1-3-5-16)34-22(28)11-7-15-6-10-20-21(12-15)33-14-32-20/h1-13,23H,14H2,(H,26,29)/b11-7+. The molecule has 0 radical (unpaired) electrons. The summed E-state index contributed by atoms with van der Waals surface area (Å²) in [6.45, 7) is 0.134. The summed E-state index contributed by atoms with van der Waals surface area (Å²) in [5, 5.41) is 13.6. The summed E-state index contributed by atoms with van der Waals surface area (Å²) in [5.41, 5.74) is 0.872. The summed E-state index contributed by atoms with van der Waals surface area (Å²) in [7, 11) is 0. The number of nitrogens with zero attached hydrogens (tertiary/aromatic N) is 1. The molecule has 34 heavy (non-hydrogen) atoms. The highest BCUT2D eigenvalue weighted by molar-refractivity contribution is 6.32. The first-order valence-corrected chi connectivity index (χ1v) is 10.4. The molecule has 1 heterocycles. The molecule has 4 rings (SSSR count). The zero-order valence-corrected chi connectivity index (χ0v) is 18.2. The number of benzene rings is 3. The normalized spacial score (nSPS) is 12.9. The first-order chi connectivity index (χ1) is 16.4. The van der Waals surface area contributed by atoms with E-state index in [4.69, 9.17) is 25.8 Å². The molecule has 1 unspecified atom stereocenters. The van der Waals surface area contributed by atoms with Crippen molar-refractivity contribution in [2.75, 3.05) is 12.1 Å². The van der Waals surface area contributed by atoms with Gasteiger partial charge in [0.15, 0.2) is 11.5 Å². The molecule has 9 nitrogen and oxygen atoms in total. The number of ether oxygens (including phenoxy) is 3. The molecule has 3 aromatic rings. The van der Waals surface area contributed by atoms with Gasteiger partial charge in [0.25, 0.3) is 11.6 Å². The van der Waals surface area contributed by atoms with E-state index in [9.17, 15) is 19.7 Å². The largest absolute Gasteiger partial charge is 0.454 e. The number of anilines is 1. The lowest BCUT2D eigenvalue weighted by Gasteiger charge is -2.17. The minimum Gasteiger partial charge on any atom is -0.454 e. The molecule has 1 aliphatic heterocycles. The average Bonchev–Trinajstić information content (AvgIpc) is 3.30. The van der Waals surface area contributed by atoms with Crippen molar-refractivity contribution in [2.24, 2.45) is 0 Å². The van der Waals surface area contributed by atoms with E-state index in [1.807, 2.05) is 0 Å². The Labute approximate surface area is 198 Å². The number of esters is 1. The van der Waals surface area contributed by atoms with Crippen molar-refractivity contribution >= 4 is 40.9 Å². The monoisotopic (exact) mass is 480 g/mol. The van der Waals surface area contributed by atoms with Crippen LogP contribution in [0.5, 0.6) is 11.5 Å². The predicted molar refractivity (Wildman–Crippen MR) is 124 cm³/mol. The quantitative estimate of drug-likeness (QED) is 0.221. The Kier molecular flexibility index (Phi) is 6.74. The number of carbonyl (C=O) groups is 2. The first-order valence-electron chi connectivity index (χ1n) is 9.99. The molecular formula is C24H17ClN2O7. The van der Waals surface area contributed by atoms with Crippen LogP contribution in [0.1, 0.15) is 17.2 Å². The lowest BCUT2D eigenvalue weighted by atomic mass is 10.1. The number of nitro groups is 1. The first kappa shape index (κ1) is 22.8. The molecule has 0 fully saturated rings. The summed E-state index contributed by atoms with van der Waals surface area (Å²) < 4.78 is 16.0. The van der Waals surface area contributed by atoms with Gasteiger partial charge in [-0.1, -0.05) is 48.0 Å². The minimum absolute atomic E-state index is 0.0670. The highest BCUT2D eigenvalue weighted by Crippen LogP contribution is 2.33. The molecule has 0 spiro atoms. The SMILES string of the molecule is O=C(/C=C/c1ccc2c(c1)OCO2)OC(C(=O)Nc1ccc(Cl)c([N+](=O)[O-])c1)c1ccccc1. The van der Waals surface area contributed by atoms with E-state index < -0.39 is 22.9 Å². The number of fused-ring (bicyclic) bond motifs is 1. The maximum absolute atomic E-state index is 13.0. The van der Waals surface area contributed by atoms with Gasteiger partial charge in [0.2, 0.25) is 12.9 Å². The summed E-state index contributed by atoms with van der Waals surface area (Å²) in [6.07, 6.45) is 1.41. The van der Waals surface area contributed by atoms with Gasteiger partial charge in [0, 0.05) is 23.4 Å². The van der Waals surface area contributed by atoms with Crippen LogP contribution >= 0.6 is 11.6 Å². The van der Waals surface area contributed by atoms with Crippen LogP contribution in [-0.2, 0) is 14.3 Å². The smallest absolute Gasteiger partial charge is 0.331 e. The third kappa shape index (κ3) is 5.33. The van der Waals surface area contributed by atoms with Gasteiger partial charge in [-0.05, 0) is 35.9 Å². The Morgan fingerprint density at radius 1 is 1.06 bits per heavy atom. The van der Waals surface area contributed by atoms with Gasteiger partial charge in [0.1, 0.15) is 5.02 Å². The average molecular weight is 481 g/mol. The molecule has 3 aromatic carbocycles. The number of nitro benzene ring substituents is 1. The molecular weight excluding hydrogens is 464 g/mol. The van der Waals surface area contributed by atoms with Crippen LogP contribution in [0.4, 0.5) is 11.4 Å². The molecule has 0 aromatic heterocycles. The fourth-order valence-corrected chi connectivity index (χ4v) is 3.36. The topological polar surface area (TPSA) is 117 Å². The second kappa shape index (κ2) is 10.1. The number of hydrogen-bond donors (Lipinski definition) is 1. The van der Waals surface area contributed by atoms with Gasteiger partial charge in [-0.25, -0.2) is 4.79 Å². The molecule has 0 bridgehead atoms. The van der Waals surface area contributed by atoms with E-state index >= 15 is 0 Å². The molecule has 1 amide bonds. The Morgan fingerprint density at radius 2 is 1.82 bits per heavy atom. The molecule has 10 heteroatoms. The number of nitrogens with one attached hydrogen (secondary N) is 1. The number of amides is 1. The predicted octanol–water partition coefficient (Wildman–Crippen LogP) is 4.91. The Hall–Kier alpha value is -4.37. The maximum atomic E-state index is 13.0. The minimum atomic E-state index is -1.30. The van der Waals surface area contributed by atoms with E-state index in [1.165, 1.54) is 24.3 Å². The van der Waals surface area contributed by atoms with Gasteiger partial charge in [0.05, 0.1) is 4.92 Å². The van der Waals surface area contributed by atoms with Gasteiger partial charge < -0.3 is 19.5 Å². The number of halogens is 1. The number of carbonyl (C=O) groups excluding carboxylic acids is 2. The Morgan fingerprint density at radius 3 is 2.59 bits per heavy atom. The molecule has 1 N–H and O–H groups in total. The zero-order valence-electron chi connectivity index (χ0n) is 17.5. The lowest BCUT2D eigenvalue weighted by Crippen LogP contribution is -2.25. The van der Waals surface area contributed by atoms with Crippen molar-refractivity contribution in [3.8, 4) is 11.5 Å². The third-order valence-electron chi connectivity index (χ3n) is 4.79. The van der Waals surface area contributed by atoms with Gasteiger partial charge >= 0.3 is 5.97 Å². The van der Waals surface area contributed by atoms with Crippen LogP contribution in [0.3, 0.4) is 0 Å². The van der Waals surface area contributed by atoms with Crippen molar-refractivity contribution in [3.63, 3.8) is 0 Å². The van der Waals surface area contributed by atoms with Gasteiger partial charge in [-0.3, -0.25) is 14.9 Å². The Balaban J connectivity index is 1.51. The van der Waals surface area contributed by atoms with E-state index in [2.05, 4.69) is 5.32 Å². The van der Waals surface area contributed by atoms with Crippen molar-refractivity contribution in [1.82, 2.24) is 0 Å². The molecule has 0 aliphatic carbocycles. The second-order valence-corrected chi connectivity index (χ2v) is 7.49. The van der Waals surface area contributed by atoms with Gasteiger partial charge in [-0.15, -0.1) is 0 Å². The highest BCUT2D eigenvalue weighted by atomic mass is 35.5. The van der Waals surface area contributed by atoms with Crippen molar-refractivity contribution in [2.45, 2.75) is 6.10 Å². The van der Waals surface area contributed by atoms with Crippen LogP contribution < -0.4 is 14.8 Å². The fourth-order valence-electron chi connectivity index (χ4n) is 3.18. The van der Waals surface area contributed by atoms with E-state index in [0.717, 1.165) is 6.07 Å². The molecule has 0 saturated heterocycles. The fraction of sp³-hybridized carbons (Fsp3) is 0.0833. The lowest BCUT2D eigenvalue weighted by molar-refractivity contribution is -0.384. The van der Waals surface area contributed by atoms with E-state index in [1.54, 1.807) is 48.5 Å². The maximum Gasteiger partial charge on any atom is 0.331 e. The zero-order chi connectivity index (χ0) is 24.1. The second-order valence-electron chi connectivity index (χ2n) is 7.09. The van der Waals surface area contributed by atoms with Gasteiger partial charge in [-0.2, -0.15) is 0 Å². The van der Waals surface area contributed by atoms with Crippen molar-refractivity contribution < 1.29 is 28.7 Å². The molecule has 0 saturated carbocycles. The summed E-state index contributed by atoms with van der Waals surface area (Å²) in [6, 6.07) is 17.4. The molecule has 1 atom stereocenters. The third-order valence-corrected chi connectivity index (χ3v) is 5.11. The summed E-state index contributed by atoms with van der Waals surface area (Å²) >= 11 is 5.83. The van der Waals surface area contributed by atoms with Crippen LogP contribution in [-0.4, -0.2) is 23.6 Å². The van der Waals surface area contributed by atoms with E-state index in [-0.39, 0.29) is 23.2 Å². The van der Waals surface area contributed by atoms with Crippen LogP contribution in [0.2, 0.25) is 5.02 Å². The molecule has 1 aliphatic rings. The summed E-state index contributed by atoms with van der Waals surface area (Å²) in [5.74, 6) is -0.270. The van der Waals surface area contributed by atoms with Crippen LogP contribution in [0, 0.1) is 10.1 Å². The van der Waals surface area contributed by atoms with Crippen molar-refractivity contribution in [1.29, 1.82) is 0 Å².